The second-order valence-corrected chi connectivity index (χ2v) is 4.99. The number of amides is 1. The molecule has 2 rings (SSSR count). The summed E-state index contributed by atoms with van der Waals surface area (Å²) >= 11 is 0. The number of rotatable bonds is 8. The molecule has 0 radical (unpaired) electrons. The molecule has 0 saturated heterocycles. The van der Waals surface area contributed by atoms with E-state index in [9.17, 15) is 20.0 Å². The molecule has 2 N–H and O–H groups in total. The first-order chi connectivity index (χ1) is 12.5. The molecule has 1 amide bonds. The number of ether oxygens (including phenoxy) is 2. The maximum Gasteiger partial charge on any atom is 0.277 e. The summed E-state index contributed by atoms with van der Waals surface area (Å²) in [6.07, 6.45) is 1.27. The first-order valence-electron chi connectivity index (χ1n) is 7.64. The largest absolute Gasteiger partial charge is 0.507 e. The molecule has 136 valence electrons. The number of nitrogens with zero attached hydrogens (tertiary/aromatic N) is 2. The van der Waals surface area contributed by atoms with Crippen LogP contribution in [0.5, 0.6) is 17.2 Å². The molecule has 0 aliphatic heterocycles. The fourth-order valence-corrected chi connectivity index (χ4v) is 1.93. The van der Waals surface area contributed by atoms with Gasteiger partial charge in [-0.2, -0.15) is 5.10 Å². The molecule has 26 heavy (non-hydrogen) atoms. The number of nitrogens with one attached hydrogen (secondary N) is 1. The average Bonchev–Trinajstić information content (AvgIpc) is 2.63. The van der Waals surface area contributed by atoms with Gasteiger partial charge in [-0.1, -0.05) is 6.07 Å². The number of carbonyl (C=O) groups is 1. The van der Waals surface area contributed by atoms with Gasteiger partial charge in [0.05, 0.1) is 23.8 Å². The number of benzene rings is 2. The lowest BCUT2D eigenvalue weighted by atomic mass is 10.2. The minimum Gasteiger partial charge on any atom is -0.507 e. The van der Waals surface area contributed by atoms with Gasteiger partial charge >= 0.3 is 0 Å². The van der Waals surface area contributed by atoms with E-state index < -0.39 is 10.8 Å². The number of phenolic OH excluding ortho intramolecular Hbond substituents is 1. The van der Waals surface area contributed by atoms with Crippen LogP contribution in [0.1, 0.15) is 12.5 Å². The lowest BCUT2D eigenvalue weighted by Crippen LogP contribution is -2.24. The van der Waals surface area contributed by atoms with Gasteiger partial charge in [0, 0.05) is 11.6 Å². The van der Waals surface area contributed by atoms with Crippen LogP contribution in [0.25, 0.3) is 0 Å². The van der Waals surface area contributed by atoms with Crippen molar-refractivity contribution in [2.24, 2.45) is 5.10 Å². The average molecular weight is 359 g/mol. The van der Waals surface area contributed by atoms with Crippen molar-refractivity contribution >= 4 is 17.8 Å². The van der Waals surface area contributed by atoms with Crippen molar-refractivity contribution in [2.45, 2.75) is 6.92 Å². The van der Waals surface area contributed by atoms with E-state index in [0.29, 0.717) is 17.9 Å². The molecule has 2 aromatic carbocycles. The van der Waals surface area contributed by atoms with E-state index in [1.807, 2.05) is 6.92 Å². The molecule has 0 aliphatic rings. The molecule has 0 aliphatic carbocycles. The lowest BCUT2D eigenvalue weighted by molar-refractivity contribution is -0.384. The van der Waals surface area contributed by atoms with Crippen molar-refractivity contribution in [3.8, 4) is 17.2 Å². The number of carbonyl (C=O) groups excluding carboxylic acids is 1. The Morgan fingerprint density at radius 2 is 2.04 bits per heavy atom. The van der Waals surface area contributed by atoms with Crippen molar-refractivity contribution in [2.75, 3.05) is 13.2 Å². The van der Waals surface area contributed by atoms with E-state index in [0.717, 1.165) is 0 Å². The molecule has 0 saturated carbocycles. The number of hydrogen-bond acceptors (Lipinski definition) is 7. The highest BCUT2D eigenvalue weighted by Crippen LogP contribution is 2.21. The van der Waals surface area contributed by atoms with Gasteiger partial charge in [-0.15, -0.1) is 0 Å². The van der Waals surface area contributed by atoms with Crippen LogP contribution in [0.2, 0.25) is 0 Å². The zero-order chi connectivity index (χ0) is 18.9. The third kappa shape index (κ3) is 5.48. The number of nitro benzene ring substituents is 1. The van der Waals surface area contributed by atoms with Gasteiger partial charge in [-0.3, -0.25) is 14.9 Å². The molecular formula is C17H17N3O6. The van der Waals surface area contributed by atoms with Crippen molar-refractivity contribution in [3.05, 3.63) is 58.1 Å². The Labute approximate surface area is 149 Å². The van der Waals surface area contributed by atoms with Crippen molar-refractivity contribution in [3.63, 3.8) is 0 Å². The number of nitro groups is 1. The number of hydrazone groups is 1. The molecule has 0 heterocycles. The molecule has 0 fully saturated rings. The second-order valence-electron chi connectivity index (χ2n) is 4.99. The maximum atomic E-state index is 11.7. The van der Waals surface area contributed by atoms with Crippen molar-refractivity contribution < 1.29 is 24.3 Å². The topological polar surface area (TPSA) is 123 Å². The highest BCUT2D eigenvalue weighted by molar-refractivity contribution is 5.85. The van der Waals surface area contributed by atoms with Crippen molar-refractivity contribution in [1.82, 2.24) is 5.43 Å². The minimum atomic E-state index is -0.562. The number of aromatic hydroxyl groups is 1. The van der Waals surface area contributed by atoms with Crippen molar-refractivity contribution in [1.29, 1.82) is 0 Å². The summed E-state index contributed by atoms with van der Waals surface area (Å²) in [4.78, 5) is 21.8. The van der Waals surface area contributed by atoms with Crippen LogP contribution >= 0.6 is 0 Å². The van der Waals surface area contributed by atoms with Gasteiger partial charge in [-0.25, -0.2) is 5.43 Å². The van der Waals surface area contributed by atoms with Crippen LogP contribution in [0.15, 0.2) is 47.6 Å². The third-order valence-electron chi connectivity index (χ3n) is 3.10. The molecule has 0 unspecified atom stereocenters. The Hall–Kier alpha value is -3.62. The monoisotopic (exact) mass is 359 g/mol. The summed E-state index contributed by atoms with van der Waals surface area (Å²) in [6, 6.07) is 10.1. The summed E-state index contributed by atoms with van der Waals surface area (Å²) < 4.78 is 10.5. The molecule has 0 bridgehead atoms. The Bertz CT molecular complexity index is 822. The summed E-state index contributed by atoms with van der Waals surface area (Å²) in [6.45, 7) is 1.94. The summed E-state index contributed by atoms with van der Waals surface area (Å²) in [5, 5.41) is 24.2. The van der Waals surface area contributed by atoms with E-state index in [-0.39, 0.29) is 23.8 Å². The van der Waals surface area contributed by atoms with Crippen LogP contribution in [-0.4, -0.2) is 35.4 Å². The van der Waals surface area contributed by atoms with Gasteiger partial charge in [0.15, 0.2) is 6.61 Å². The van der Waals surface area contributed by atoms with Gasteiger partial charge in [0.1, 0.15) is 17.2 Å². The Kier molecular flexibility index (Phi) is 6.49. The Morgan fingerprint density at radius 1 is 1.27 bits per heavy atom. The van der Waals surface area contributed by atoms with E-state index in [1.54, 1.807) is 12.1 Å². The van der Waals surface area contributed by atoms with Gasteiger partial charge in [0.2, 0.25) is 0 Å². The molecule has 0 atom stereocenters. The Morgan fingerprint density at radius 3 is 2.77 bits per heavy atom. The zero-order valence-corrected chi connectivity index (χ0v) is 13.9. The normalized spacial score (nSPS) is 10.5. The van der Waals surface area contributed by atoms with Crippen LogP contribution in [-0.2, 0) is 4.79 Å². The lowest BCUT2D eigenvalue weighted by Gasteiger charge is -2.06. The summed E-state index contributed by atoms with van der Waals surface area (Å²) in [5.41, 5.74) is 2.47. The standard InChI is InChI=1S/C17H17N3O6/c1-2-25-15-6-7-16(21)12(8-15)10-18-19-17(22)11-26-14-5-3-4-13(9-14)20(23)24/h3-10,21H,2,11H2,1H3,(H,19,22)/b18-10+. The number of phenols is 1. The highest BCUT2D eigenvalue weighted by Gasteiger charge is 2.08. The quantitative estimate of drug-likeness (QED) is 0.423. The summed E-state index contributed by atoms with van der Waals surface area (Å²) in [7, 11) is 0. The smallest absolute Gasteiger partial charge is 0.277 e. The molecule has 0 aromatic heterocycles. The molecular weight excluding hydrogens is 342 g/mol. The Balaban J connectivity index is 1.89. The van der Waals surface area contributed by atoms with Gasteiger partial charge in [-0.05, 0) is 31.2 Å². The van der Waals surface area contributed by atoms with E-state index in [2.05, 4.69) is 10.5 Å². The molecule has 9 nitrogen and oxygen atoms in total. The van der Waals surface area contributed by atoms with Crippen LogP contribution in [0.4, 0.5) is 5.69 Å². The second kappa shape index (κ2) is 9.02. The predicted octanol–water partition coefficient (Wildman–Crippen LogP) is 2.23. The molecule has 0 spiro atoms. The highest BCUT2D eigenvalue weighted by atomic mass is 16.6. The first kappa shape index (κ1) is 18.7. The van der Waals surface area contributed by atoms with Crippen LogP contribution in [0, 0.1) is 10.1 Å². The number of hydrogen-bond donors (Lipinski definition) is 2. The fraction of sp³-hybridized carbons (Fsp3) is 0.176. The van der Waals surface area contributed by atoms with E-state index in [1.165, 1.54) is 36.5 Å². The predicted molar refractivity (Wildman–Crippen MR) is 93.6 cm³/mol. The first-order valence-corrected chi connectivity index (χ1v) is 7.64. The third-order valence-corrected chi connectivity index (χ3v) is 3.10. The van der Waals surface area contributed by atoms with Gasteiger partial charge in [0.25, 0.3) is 11.6 Å². The van der Waals surface area contributed by atoms with E-state index >= 15 is 0 Å². The van der Waals surface area contributed by atoms with Gasteiger partial charge < -0.3 is 14.6 Å². The zero-order valence-electron chi connectivity index (χ0n) is 13.9. The molecule has 2 aromatic rings. The summed E-state index contributed by atoms with van der Waals surface area (Å²) in [5.74, 6) is 0.181. The van der Waals surface area contributed by atoms with Crippen LogP contribution < -0.4 is 14.9 Å². The maximum absolute atomic E-state index is 11.7. The SMILES string of the molecule is CCOc1ccc(O)c(/C=N/NC(=O)COc2cccc([N+](=O)[O-])c2)c1. The van der Waals surface area contributed by atoms with Crippen LogP contribution in [0.3, 0.4) is 0 Å². The fourth-order valence-electron chi connectivity index (χ4n) is 1.93. The molecule has 9 heteroatoms. The van der Waals surface area contributed by atoms with E-state index in [4.69, 9.17) is 9.47 Å². The minimum absolute atomic E-state index is 0.0145. The number of non-ortho nitro benzene ring substituents is 1.